The maximum atomic E-state index is 15.4. The van der Waals surface area contributed by atoms with Crippen LogP contribution in [0.2, 0.25) is 0 Å². The van der Waals surface area contributed by atoms with Crippen LogP contribution in [0, 0.1) is 19.7 Å². The maximum Gasteiger partial charge on any atom is 0.416 e. The van der Waals surface area contributed by atoms with Gasteiger partial charge in [0.1, 0.15) is 11.6 Å². The van der Waals surface area contributed by atoms with Gasteiger partial charge >= 0.3 is 18.3 Å². The van der Waals surface area contributed by atoms with Crippen molar-refractivity contribution in [2.24, 2.45) is 5.16 Å². The lowest BCUT2D eigenvalue weighted by Crippen LogP contribution is -2.10. The first-order valence-electron chi connectivity index (χ1n) is 13.9. The molecule has 4 aromatic carbocycles. The van der Waals surface area contributed by atoms with E-state index in [-0.39, 0.29) is 52.0 Å². The minimum atomic E-state index is -4.69. The van der Waals surface area contributed by atoms with Gasteiger partial charge in [-0.1, -0.05) is 28.9 Å². The molecule has 12 heteroatoms. The summed E-state index contributed by atoms with van der Waals surface area (Å²) in [5.74, 6) is -1.83. The number of alkyl halides is 6. The molecule has 0 fully saturated rings. The number of carboxylic acids is 1. The largest absolute Gasteiger partial charge is 0.496 e. The molecule has 4 aromatic rings. The summed E-state index contributed by atoms with van der Waals surface area (Å²) in [4.78, 5) is 16.9. The lowest BCUT2D eigenvalue weighted by atomic mass is 9.89. The number of hydrogen-bond acceptors (Lipinski definition) is 4. The third kappa shape index (κ3) is 6.70. The van der Waals surface area contributed by atoms with E-state index < -0.39 is 41.4 Å². The van der Waals surface area contributed by atoms with Crippen molar-refractivity contribution in [1.29, 1.82) is 0 Å². The fraction of sp³-hybridized carbons (Fsp3) is 0.235. The van der Waals surface area contributed by atoms with Crippen LogP contribution < -0.4 is 4.74 Å². The number of oxime groups is 1. The van der Waals surface area contributed by atoms with E-state index in [1.54, 1.807) is 6.92 Å². The highest BCUT2D eigenvalue weighted by Crippen LogP contribution is 2.42. The van der Waals surface area contributed by atoms with Crippen LogP contribution in [-0.4, -0.2) is 23.9 Å². The van der Waals surface area contributed by atoms with Crippen molar-refractivity contribution in [2.45, 2.75) is 45.1 Å². The molecular formula is C34H26F7NO4. The summed E-state index contributed by atoms with van der Waals surface area (Å²) in [6.45, 7) is 3.12. The highest BCUT2D eigenvalue weighted by atomic mass is 19.4. The van der Waals surface area contributed by atoms with E-state index in [0.717, 1.165) is 30.3 Å². The predicted molar refractivity (Wildman–Crippen MR) is 156 cm³/mol. The number of nitrogens with zero attached hydrogens (tertiary/aromatic N) is 1. The minimum absolute atomic E-state index is 0.00132. The molecule has 1 heterocycles. The first-order chi connectivity index (χ1) is 21.5. The lowest BCUT2D eigenvalue weighted by molar-refractivity contribution is -0.138. The first-order valence-corrected chi connectivity index (χ1v) is 13.9. The third-order valence-corrected chi connectivity index (χ3v) is 7.70. The number of hydrogen-bond donors (Lipinski definition) is 1. The number of ether oxygens (including phenoxy) is 1. The van der Waals surface area contributed by atoms with E-state index >= 15 is 4.39 Å². The maximum absolute atomic E-state index is 15.4. The molecule has 0 saturated heterocycles. The van der Waals surface area contributed by atoms with Gasteiger partial charge < -0.3 is 14.7 Å². The van der Waals surface area contributed by atoms with Crippen LogP contribution in [0.15, 0.2) is 71.9 Å². The van der Waals surface area contributed by atoms with Crippen LogP contribution in [0.25, 0.3) is 22.3 Å². The Balaban J connectivity index is 1.55. The number of methoxy groups -OCH3 is 1. The van der Waals surface area contributed by atoms with Gasteiger partial charge in [0.15, 0.2) is 6.10 Å². The van der Waals surface area contributed by atoms with Crippen molar-refractivity contribution >= 4 is 11.7 Å². The Kier molecular flexibility index (Phi) is 8.59. The number of carboxylic acid groups (broad SMARTS) is 1. The van der Waals surface area contributed by atoms with Gasteiger partial charge in [-0.3, -0.25) is 0 Å². The van der Waals surface area contributed by atoms with Crippen LogP contribution in [0.3, 0.4) is 0 Å². The Hall–Kier alpha value is -4.87. The summed E-state index contributed by atoms with van der Waals surface area (Å²) in [6.07, 6.45) is -10.3. The Morgan fingerprint density at radius 3 is 2.20 bits per heavy atom. The second-order valence-electron chi connectivity index (χ2n) is 11.0. The lowest BCUT2D eigenvalue weighted by Gasteiger charge is -2.18. The molecule has 0 aliphatic carbocycles. The normalized spacial score (nSPS) is 15.0. The molecule has 0 saturated carbocycles. The van der Waals surface area contributed by atoms with Crippen molar-refractivity contribution in [3.8, 4) is 28.0 Å². The molecule has 1 aliphatic heterocycles. The van der Waals surface area contributed by atoms with Gasteiger partial charge in [-0.15, -0.1) is 0 Å². The molecular weight excluding hydrogens is 619 g/mol. The summed E-state index contributed by atoms with van der Waals surface area (Å²) < 4.78 is 103. The van der Waals surface area contributed by atoms with E-state index in [2.05, 4.69) is 5.16 Å². The molecule has 0 bridgehead atoms. The molecule has 0 radical (unpaired) electrons. The minimum Gasteiger partial charge on any atom is -0.496 e. The van der Waals surface area contributed by atoms with E-state index in [0.29, 0.717) is 22.4 Å². The SMILES string of the molecule is COc1cc(F)c(-c2ccc(C(=O)O)cc2C)cc1-c1ccc(C(F)(F)F)cc1CC1=NO[C@@H](c2cc(C)cc(C(F)(F)F)c2)C1. The van der Waals surface area contributed by atoms with Crippen molar-refractivity contribution in [2.75, 3.05) is 7.11 Å². The van der Waals surface area contributed by atoms with Gasteiger partial charge in [-0.25, -0.2) is 9.18 Å². The van der Waals surface area contributed by atoms with Crippen LogP contribution >= 0.6 is 0 Å². The Bertz CT molecular complexity index is 1860. The fourth-order valence-electron chi connectivity index (χ4n) is 5.51. The molecule has 46 heavy (non-hydrogen) atoms. The van der Waals surface area contributed by atoms with Crippen molar-refractivity contribution < 1.29 is 50.2 Å². The van der Waals surface area contributed by atoms with Gasteiger partial charge in [0.25, 0.3) is 0 Å². The molecule has 1 N–H and O–H groups in total. The summed E-state index contributed by atoms with van der Waals surface area (Å²) in [5, 5.41) is 13.3. The number of carbonyl (C=O) groups is 1. The zero-order valence-corrected chi connectivity index (χ0v) is 24.6. The van der Waals surface area contributed by atoms with Crippen LogP contribution in [0.1, 0.15) is 56.3 Å². The van der Waals surface area contributed by atoms with Crippen LogP contribution in [0.5, 0.6) is 5.75 Å². The van der Waals surface area contributed by atoms with Crippen LogP contribution in [0.4, 0.5) is 30.7 Å². The first kappa shape index (κ1) is 32.5. The predicted octanol–water partition coefficient (Wildman–Crippen LogP) is 9.58. The standard InChI is InChI=1S/C34H26F7NO4/c1-17-8-21(12-23(9-17)34(39,40)41)30-14-24(42-46-30)13-20-11-22(33(36,37)38)5-7-26(20)28-15-27(29(35)16-31(28)45-3)25-6-4-19(32(43)44)10-18(25)2/h4-12,15-16,30H,13-14H2,1-3H3,(H,43,44)/t30-/m1/s1. The molecule has 0 amide bonds. The smallest absolute Gasteiger partial charge is 0.416 e. The molecule has 240 valence electrons. The topological polar surface area (TPSA) is 68.1 Å². The van der Waals surface area contributed by atoms with Gasteiger partial charge in [0.05, 0.1) is 29.5 Å². The van der Waals surface area contributed by atoms with E-state index in [1.807, 2.05) is 0 Å². The monoisotopic (exact) mass is 645 g/mol. The zero-order valence-electron chi connectivity index (χ0n) is 24.6. The van der Waals surface area contributed by atoms with E-state index in [9.17, 15) is 36.2 Å². The highest BCUT2D eigenvalue weighted by molar-refractivity contribution is 5.91. The molecule has 1 aliphatic rings. The summed E-state index contributed by atoms with van der Waals surface area (Å²) in [7, 11) is 1.28. The number of benzene rings is 4. The van der Waals surface area contributed by atoms with Crippen molar-refractivity contribution in [3.63, 3.8) is 0 Å². The summed E-state index contributed by atoms with van der Waals surface area (Å²) >= 11 is 0. The number of aryl methyl sites for hydroxylation is 2. The van der Waals surface area contributed by atoms with Crippen molar-refractivity contribution in [1.82, 2.24) is 0 Å². The Labute approximate surface area is 258 Å². The summed E-state index contributed by atoms with van der Waals surface area (Å²) in [5.41, 5.74) is 0.636. The highest BCUT2D eigenvalue weighted by Gasteiger charge is 2.34. The molecule has 0 aromatic heterocycles. The Morgan fingerprint density at radius 2 is 1.57 bits per heavy atom. The van der Waals surface area contributed by atoms with Gasteiger partial charge in [-0.05, 0) is 84.1 Å². The summed E-state index contributed by atoms with van der Waals surface area (Å²) in [6, 6.07) is 13.2. The Morgan fingerprint density at radius 1 is 0.870 bits per heavy atom. The number of aromatic carboxylic acids is 1. The van der Waals surface area contributed by atoms with Gasteiger partial charge in [0.2, 0.25) is 0 Å². The van der Waals surface area contributed by atoms with E-state index in [1.165, 1.54) is 50.4 Å². The number of rotatable bonds is 7. The quantitative estimate of drug-likeness (QED) is 0.203. The molecule has 5 nitrogen and oxygen atoms in total. The van der Waals surface area contributed by atoms with E-state index in [4.69, 9.17) is 9.57 Å². The average molecular weight is 646 g/mol. The fourth-order valence-corrected chi connectivity index (χ4v) is 5.51. The van der Waals surface area contributed by atoms with Gasteiger partial charge in [0, 0.05) is 30.0 Å². The average Bonchev–Trinajstić information content (AvgIpc) is 3.44. The second-order valence-corrected chi connectivity index (χ2v) is 11.0. The van der Waals surface area contributed by atoms with Crippen LogP contribution in [-0.2, 0) is 23.6 Å². The van der Waals surface area contributed by atoms with Crippen molar-refractivity contribution in [3.05, 3.63) is 111 Å². The van der Waals surface area contributed by atoms with Gasteiger partial charge in [-0.2, -0.15) is 26.3 Å². The molecule has 1 atom stereocenters. The third-order valence-electron chi connectivity index (χ3n) is 7.70. The molecule has 0 spiro atoms. The second kappa shape index (κ2) is 12.1. The number of halogens is 7. The molecule has 5 rings (SSSR count). The molecule has 0 unspecified atom stereocenters. The zero-order chi connectivity index (χ0) is 33.6.